The average molecular weight is 891 g/mol. The molecule has 0 fully saturated rings. The van der Waals surface area contributed by atoms with Gasteiger partial charge in [0.1, 0.15) is 13.2 Å². The first-order chi connectivity index (χ1) is 30.0. The quantitative estimate of drug-likeness (QED) is 0.0273. The number of amides is 1. The molecule has 0 radical (unpaired) electrons. The number of phosphoric acid groups is 1. The lowest BCUT2D eigenvalue weighted by Gasteiger charge is -2.30. The molecule has 3 atom stereocenters. The Morgan fingerprint density at radius 2 is 0.984 bits per heavy atom. The molecule has 3 unspecified atom stereocenters. The Labute approximate surface area is 383 Å². The van der Waals surface area contributed by atoms with Gasteiger partial charge in [0, 0.05) is 6.42 Å². The van der Waals surface area contributed by atoms with E-state index in [1.165, 1.54) is 122 Å². The summed E-state index contributed by atoms with van der Waals surface area (Å²) in [5.41, 5.74) is 0. The molecule has 0 saturated carbocycles. The van der Waals surface area contributed by atoms with Crippen LogP contribution >= 0.6 is 7.82 Å². The largest absolute Gasteiger partial charge is 0.756 e. The van der Waals surface area contributed by atoms with Crippen molar-refractivity contribution in [2.24, 2.45) is 0 Å². The van der Waals surface area contributed by atoms with Crippen LogP contribution in [0.2, 0.25) is 0 Å². The number of nitrogens with one attached hydrogen (secondary N) is 1. The van der Waals surface area contributed by atoms with Gasteiger partial charge < -0.3 is 28.8 Å². The number of hydrogen-bond acceptors (Lipinski definition) is 6. The van der Waals surface area contributed by atoms with Gasteiger partial charge in [-0.2, -0.15) is 0 Å². The number of quaternary nitrogens is 1. The smallest absolute Gasteiger partial charge is 0.268 e. The molecule has 0 aromatic rings. The van der Waals surface area contributed by atoms with E-state index >= 15 is 0 Å². The van der Waals surface area contributed by atoms with Gasteiger partial charge >= 0.3 is 0 Å². The molecule has 0 aliphatic carbocycles. The maximum Gasteiger partial charge on any atom is 0.268 e. The molecular formula is C53H99N2O6P. The van der Waals surface area contributed by atoms with Crippen molar-refractivity contribution >= 4 is 13.7 Å². The molecule has 0 aliphatic heterocycles. The first-order valence-corrected chi connectivity index (χ1v) is 27.1. The summed E-state index contributed by atoms with van der Waals surface area (Å²) in [5, 5.41) is 13.6. The molecule has 0 rings (SSSR count). The second-order valence-electron chi connectivity index (χ2n) is 18.5. The maximum absolute atomic E-state index is 12.7. The summed E-state index contributed by atoms with van der Waals surface area (Å²) in [7, 11) is 1.30. The Bertz CT molecular complexity index is 1190. The van der Waals surface area contributed by atoms with Crippen molar-refractivity contribution < 1.29 is 32.9 Å². The van der Waals surface area contributed by atoms with Crippen molar-refractivity contribution in [1.29, 1.82) is 0 Å². The van der Waals surface area contributed by atoms with Crippen LogP contribution in [0, 0.1) is 0 Å². The summed E-state index contributed by atoms with van der Waals surface area (Å²) in [6.07, 6.45) is 59.3. The third-order valence-corrected chi connectivity index (χ3v) is 12.2. The summed E-state index contributed by atoms with van der Waals surface area (Å²) in [4.78, 5) is 25.0. The highest BCUT2D eigenvalue weighted by atomic mass is 31.2. The van der Waals surface area contributed by atoms with Gasteiger partial charge in [-0.05, 0) is 57.8 Å². The summed E-state index contributed by atoms with van der Waals surface area (Å²) in [5.74, 6) is -0.176. The highest BCUT2D eigenvalue weighted by Gasteiger charge is 2.24. The number of aliphatic hydroxyl groups excluding tert-OH is 1. The van der Waals surface area contributed by atoms with Crippen LogP contribution in [0.25, 0.3) is 0 Å². The molecule has 2 N–H and O–H groups in total. The minimum absolute atomic E-state index is 0.0105. The first-order valence-electron chi connectivity index (χ1n) is 25.6. The van der Waals surface area contributed by atoms with E-state index in [0.29, 0.717) is 23.9 Å². The molecule has 0 aromatic heterocycles. The summed E-state index contributed by atoms with van der Waals surface area (Å²) >= 11 is 0. The number of carbonyl (C=O) groups is 1. The summed E-state index contributed by atoms with van der Waals surface area (Å²) in [6, 6.07) is -0.795. The van der Waals surface area contributed by atoms with Gasteiger partial charge in [0.2, 0.25) is 5.91 Å². The van der Waals surface area contributed by atoms with Crippen molar-refractivity contribution in [2.45, 2.75) is 231 Å². The number of allylic oxidation sites excluding steroid dienone is 10. The van der Waals surface area contributed by atoms with Gasteiger partial charge in [-0.15, -0.1) is 0 Å². The highest BCUT2D eigenvalue weighted by Crippen LogP contribution is 2.38. The van der Waals surface area contributed by atoms with Crippen molar-refractivity contribution in [3.05, 3.63) is 60.8 Å². The van der Waals surface area contributed by atoms with Gasteiger partial charge in [-0.1, -0.05) is 216 Å². The predicted octanol–water partition coefficient (Wildman–Crippen LogP) is 14.3. The van der Waals surface area contributed by atoms with E-state index in [9.17, 15) is 19.4 Å². The van der Waals surface area contributed by atoms with E-state index in [1.54, 1.807) is 0 Å². The normalized spacial score (nSPS) is 14.6. The molecule has 0 saturated heterocycles. The van der Waals surface area contributed by atoms with Crippen LogP contribution in [0.4, 0.5) is 0 Å². The fourth-order valence-corrected chi connectivity index (χ4v) is 7.97. The summed E-state index contributed by atoms with van der Waals surface area (Å²) < 4.78 is 23.0. The maximum atomic E-state index is 12.7. The Morgan fingerprint density at radius 1 is 0.581 bits per heavy atom. The Hall–Kier alpha value is -1.80. The molecule has 362 valence electrons. The third-order valence-electron chi connectivity index (χ3n) is 11.3. The lowest BCUT2D eigenvalue weighted by molar-refractivity contribution is -0.870. The van der Waals surface area contributed by atoms with Crippen LogP contribution < -0.4 is 10.2 Å². The van der Waals surface area contributed by atoms with E-state index in [1.807, 2.05) is 21.1 Å². The fraction of sp³-hybridized carbons (Fsp3) is 0.792. The Kier molecular flexibility index (Phi) is 43.1. The van der Waals surface area contributed by atoms with Crippen LogP contribution in [0.1, 0.15) is 219 Å². The van der Waals surface area contributed by atoms with E-state index in [-0.39, 0.29) is 19.1 Å². The van der Waals surface area contributed by atoms with E-state index in [0.717, 1.165) is 70.6 Å². The number of hydrogen-bond donors (Lipinski definition) is 2. The Morgan fingerprint density at radius 3 is 1.40 bits per heavy atom. The van der Waals surface area contributed by atoms with E-state index in [4.69, 9.17) is 9.05 Å². The molecule has 0 spiro atoms. The van der Waals surface area contributed by atoms with Crippen molar-refractivity contribution in [3.63, 3.8) is 0 Å². The lowest BCUT2D eigenvalue weighted by atomic mass is 10.0. The van der Waals surface area contributed by atoms with Crippen molar-refractivity contribution in [2.75, 3.05) is 40.9 Å². The molecule has 1 amide bonds. The third kappa shape index (κ3) is 46.2. The number of phosphoric ester groups is 1. The van der Waals surface area contributed by atoms with Crippen molar-refractivity contribution in [3.8, 4) is 0 Å². The second kappa shape index (κ2) is 44.4. The standard InChI is InChI=1S/C53H99N2O6P/c1-6-8-10-11-12-13-14-15-16-17-18-19-20-21-22-23-24-25-26-27-28-29-30-31-32-33-34-35-36-37-38-39-40-41-42-43-45-47-53(57)54-51(52(56)46-44-9-7-2)50-61-62(58,59)60-49-48-55(3,4)5/h8,10,12-13,15-16,18-19,21-22,51-52,56H,6-7,9,11,14,17,20,23-50H2,1-5H3,(H-,54,57,58,59)/b10-8-,13-12-,16-15-,19-18-,22-21-. The van der Waals surface area contributed by atoms with Gasteiger partial charge in [-0.3, -0.25) is 9.36 Å². The molecule has 0 aromatic carbocycles. The van der Waals surface area contributed by atoms with Crippen LogP contribution in [-0.4, -0.2) is 68.5 Å². The topological polar surface area (TPSA) is 108 Å². The van der Waals surface area contributed by atoms with Gasteiger partial charge in [0.15, 0.2) is 0 Å². The highest BCUT2D eigenvalue weighted by molar-refractivity contribution is 7.45. The number of nitrogens with zero attached hydrogens (tertiary/aromatic N) is 1. The van der Waals surface area contributed by atoms with E-state index in [2.05, 4.69) is 79.9 Å². The van der Waals surface area contributed by atoms with Crippen LogP contribution in [0.5, 0.6) is 0 Å². The molecule has 0 bridgehead atoms. The molecule has 62 heavy (non-hydrogen) atoms. The predicted molar refractivity (Wildman–Crippen MR) is 265 cm³/mol. The zero-order chi connectivity index (χ0) is 45.7. The number of unbranched alkanes of at least 4 members (excludes halogenated alkanes) is 23. The van der Waals surface area contributed by atoms with Gasteiger partial charge in [0.05, 0.1) is 39.9 Å². The molecule has 0 aliphatic rings. The molecular weight excluding hydrogens is 792 g/mol. The van der Waals surface area contributed by atoms with Gasteiger partial charge in [0.25, 0.3) is 7.82 Å². The molecule has 0 heterocycles. The Balaban J connectivity index is 3.67. The minimum Gasteiger partial charge on any atom is -0.756 e. The van der Waals surface area contributed by atoms with Crippen molar-refractivity contribution in [1.82, 2.24) is 5.32 Å². The fourth-order valence-electron chi connectivity index (χ4n) is 7.24. The zero-order valence-corrected chi connectivity index (χ0v) is 42.0. The van der Waals surface area contributed by atoms with Gasteiger partial charge in [-0.25, -0.2) is 0 Å². The lowest BCUT2D eigenvalue weighted by Crippen LogP contribution is -2.46. The van der Waals surface area contributed by atoms with Crippen LogP contribution in [-0.2, 0) is 18.4 Å². The number of carbonyl (C=O) groups excluding carboxylic acids is 1. The number of likely N-dealkylation sites (N-methyl/N-ethyl adjacent to an activating group) is 1. The van der Waals surface area contributed by atoms with Crippen LogP contribution in [0.3, 0.4) is 0 Å². The van der Waals surface area contributed by atoms with Crippen LogP contribution in [0.15, 0.2) is 60.8 Å². The minimum atomic E-state index is -4.54. The molecule has 8 nitrogen and oxygen atoms in total. The SMILES string of the molecule is CC/C=C\C/C=C\C/C=C\C/C=C\C/C=C\CCCCCCCCCCCCCCCCCCCCCCCC(=O)NC(COP(=O)([O-])OCC[N+](C)(C)C)C(O)CCCCC. The number of aliphatic hydroxyl groups is 1. The summed E-state index contributed by atoms with van der Waals surface area (Å²) in [6.45, 7) is 4.43. The van der Waals surface area contributed by atoms with E-state index < -0.39 is 20.0 Å². The zero-order valence-electron chi connectivity index (χ0n) is 41.1. The number of rotatable bonds is 46. The molecule has 9 heteroatoms. The average Bonchev–Trinajstić information content (AvgIpc) is 3.23. The first kappa shape index (κ1) is 60.2. The monoisotopic (exact) mass is 891 g/mol. The second-order valence-corrected chi connectivity index (χ2v) is 19.9.